The van der Waals surface area contributed by atoms with E-state index >= 15 is 0 Å². The van der Waals surface area contributed by atoms with Crippen molar-refractivity contribution in [1.29, 1.82) is 5.26 Å². The van der Waals surface area contributed by atoms with Crippen LogP contribution in [-0.2, 0) is 22.6 Å². The van der Waals surface area contributed by atoms with E-state index in [4.69, 9.17) is 4.42 Å². The zero-order valence-corrected chi connectivity index (χ0v) is 19.5. The predicted octanol–water partition coefficient (Wildman–Crippen LogP) is 4.78. The summed E-state index contributed by atoms with van der Waals surface area (Å²) in [5.41, 5.74) is 2.79. The molecular weight excluding hydrogens is 453 g/mol. The molecule has 4 rings (SSSR count). The molecule has 0 aliphatic carbocycles. The molecule has 6 nitrogen and oxygen atoms in total. The van der Waals surface area contributed by atoms with Crippen molar-refractivity contribution >= 4 is 29.3 Å². The van der Waals surface area contributed by atoms with Crippen molar-refractivity contribution in [3.8, 4) is 6.07 Å². The van der Waals surface area contributed by atoms with Crippen molar-refractivity contribution in [2.75, 3.05) is 4.90 Å². The second-order valence-corrected chi connectivity index (χ2v) is 9.09. The van der Waals surface area contributed by atoms with E-state index in [1.165, 1.54) is 17.2 Å². The first-order chi connectivity index (χ1) is 16.4. The van der Waals surface area contributed by atoms with Gasteiger partial charge in [-0.15, -0.1) is 0 Å². The van der Waals surface area contributed by atoms with Crippen molar-refractivity contribution < 1.29 is 18.4 Å². The van der Waals surface area contributed by atoms with Gasteiger partial charge in [-0.25, -0.2) is 4.39 Å². The van der Waals surface area contributed by atoms with E-state index in [1.54, 1.807) is 36.4 Å². The number of hydrogen-bond donors (Lipinski definition) is 1. The molecule has 1 aliphatic rings. The third-order valence-corrected chi connectivity index (χ3v) is 6.88. The van der Waals surface area contributed by atoms with E-state index in [0.29, 0.717) is 17.0 Å². The maximum atomic E-state index is 14.3. The molecule has 1 saturated heterocycles. The van der Waals surface area contributed by atoms with Gasteiger partial charge in [0.1, 0.15) is 28.2 Å². The Morgan fingerprint density at radius 3 is 2.65 bits per heavy atom. The third-order valence-electron chi connectivity index (χ3n) is 5.62. The highest BCUT2D eigenvalue weighted by atomic mass is 32.2. The van der Waals surface area contributed by atoms with Crippen molar-refractivity contribution in [2.45, 2.75) is 32.1 Å². The van der Waals surface area contributed by atoms with Gasteiger partial charge in [-0.1, -0.05) is 36.0 Å². The van der Waals surface area contributed by atoms with Crippen LogP contribution >= 0.6 is 11.8 Å². The number of carbonyl (C=O) groups is 2. The Bertz CT molecular complexity index is 1310. The zero-order valence-electron chi connectivity index (χ0n) is 18.7. The standard InChI is InChI=1S/C26H22FN3O3S/c1-16-9-10-19(12-17(16)2)30-25(32)23(13-18-6-3-4-8-22(18)27)34-26(30)21(14-28)24(31)29-15-20-7-5-11-33-20/h3-12,23H,13,15H2,1-2H3,(H,29,31)/b26-21-. The first-order valence-electron chi connectivity index (χ1n) is 10.6. The van der Waals surface area contributed by atoms with Crippen LogP contribution < -0.4 is 10.2 Å². The average molecular weight is 476 g/mol. The van der Waals surface area contributed by atoms with Gasteiger partial charge in [-0.3, -0.25) is 14.5 Å². The number of carbonyl (C=O) groups excluding carboxylic acids is 2. The van der Waals surface area contributed by atoms with Gasteiger partial charge in [0, 0.05) is 5.69 Å². The van der Waals surface area contributed by atoms with Gasteiger partial charge >= 0.3 is 0 Å². The number of furan rings is 1. The van der Waals surface area contributed by atoms with Gasteiger partial charge in [0.2, 0.25) is 5.91 Å². The molecule has 1 unspecified atom stereocenters. The second kappa shape index (κ2) is 9.98. The monoisotopic (exact) mass is 475 g/mol. The number of thioether (sulfide) groups is 1. The van der Waals surface area contributed by atoms with Crippen molar-refractivity contribution in [3.63, 3.8) is 0 Å². The maximum absolute atomic E-state index is 14.3. The molecule has 2 heterocycles. The van der Waals surface area contributed by atoms with Gasteiger partial charge in [0.05, 0.1) is 18.1 Å². The summed E-state index contributed by atoms with van der Waals surface area (Å²) in [6.45, 7) is 3.99. The molecule has 0 saturated carbocycles. The number of nitrogens with one attached hydrogen (secondary N) is 1. The normalized spacial score (nSPS) is 16.9. The van der Waals surface area contributed by atoms with Crippen LogP contribution in [0.4, 0.5) is 10.1 Å². The Labute approximate surface area is 201 Å². The lowest BCUT2D eigenvalue weighted by molar-refractivity contribution is -0.117. The Hall–Kier alpha value is -3.83. The fourth-order valence-electron chi connectivity index (χ4n) is 3.62. The van der Waals surface area contributed by atoms with E-state index in [2.05, 4.69) is 5.32 Å². The summed E-state index contributed by atoms with van der Waals surface area (Å²) in [5, 5.41) is 12.1. The van der Waals surface area contributed by atoms with Crippen LogP contribution in [0.2, 0.25) is 0 Å². The number of amides is 2. The van der Waals surface area contributed by atoms with Crippen LogP contribution in [0.3, 0.4) is 0 Å². The van der Waals surface area contributed by atoms with Crippen LogP contribution in [-0.4, -0.2) is 17.1 Å². The number of hydrogen-bond acceptors (Lipinski definition) is 5. The Kier molecular flexibility index (Phi) is 6.85. The number of aryl methyl sites for hydroxylation is 2. The molecule has 0 spiro atoms. The Balaban J connectivity index is 1.72. The van der Waals surface area contributed by atoms with Gasteiger partial charge in [-0.2, -0.15) is 5.26 Å². The van der Waals surface area contributed by atoms with Crippen molar-refractivity contribution in [2.24, 2.45) is 0 Å². The molecule has 2 aromatic carbocycles. The van der Waals surface area contributed by atoms with Gasteiger partial charge in [-0.05, 0) is 67.3 Å². The van der Waals surface area contributed by atoms with Crippen LogP contribution in [0, 0.1) is 31.0 Å². The highest BCUT2D eigenvalue weighted by molar-refractivity contribution is 8.05. The van der Waals surface area contributed by atoms with Crippen molar-refractivity contribution in [3.05, 3.63) is 99.7 Å². The van der Waals surface area contributed by atoms with Crippen LogP contribution in [0.15, 0.2) is 75.9 Å². The lowest BCUT2D eigenvalue weighted by atomic mass is 10.1. The third kappa shape index (κ3) is 4.75. The van der Waals surface area contributed by atoms with Gasteiger partial charge < -0.3 is 9.73 Å². The lowest BCUT2D eigenvalue weighted by Gasteiger charge is -2.20. The minimum absolute atomic E-state index is 0.102. The summed E-state index contributed by atoms with van der Waals surface area (Å²) in [4.78, 5) is 27.8. The second-order valence-electron chi connectivity index (χ2n) is 7.90. The number of halogens is 1. The molecule has 0 radical (unpaired) electrons. The predicted molar refractivity (Wildman–Crippen MR) is 128 cm³/mol. The van der Waals surface area contributed by atoms with E-state index < -0.39 is 17.0 Å². The van der Waals surface area contributed by atoms with Gasteiger partial charge in [0.15, 0.2) is 0 Å². The lowest BCUT2D eigenvalue weighted by Crippen LogP contribution is -2.32. The summed E-state index contributed by atoms with van der Waals surface area (Å²) in [7, 11) is 0. The van der Waals surface area contributed by atoms with Crippen LogP contribution in [0.5, 0.6) is 0 Å². The summed E-state index contributed by atoms with van der Waals surface area (Å²) < 4.78 is 19.5. The number of benzene rings is 2. The number of anilines is 1. The highest BCUT2D eigenvalue weighted by Crippen LogP contribution is 2.42. The van der Waals surface area contributed by atoms with Crippen LogP contribution in [0.1, 0.15) is 22.5 Å². The summed E-state index contributed by atoms with van der Waals surface area (Å²) in [6, 6.07) is 17.2. The fraction of sp³-hybridized carbons (Fsp3) is 0.192. The summed E-state index contributed by atoms with van der Waals surface area (Å²) in [6.07, 6.45) is 1.62. The molecule has 2 amide bonds. The van der Waals surface area contributed by atoms with E-state index in [1.807, 2.05) is 32.0 Å². The molecule has 172 valence electrons. The smallest absolute Gasteiger partial charge is 0.265 e. The highest BCUT2D eigenvalue weighted by Gasteiger charge is 2.41. The molecule has 34 heavy (non-hydrogen) atoms. The topological polar surface area (TPSA) is 86.3 Å². The fourth-order valence-corrected chi connectivity index (χ4v) is 4.91. The summed E-state index contributed by atoms with van der Waals surface area (Å²) in [5.74, 6) is -0.787. The molecular formula is C26H22FN3O3S. The number of rotatable bonds is 6. The minimum atomic E-state index is -0.685. The quantitative estimate of drug-likeness (QED) is 0.410. The molecule has 1 aromatic heterocycles. The molecule has 3 aromatic rings. The zero-order chi connectivity index (χ0) is 24.2. The van der Waals surface area contributed by atoms with Crippen molar-refractivity contribution in [1.82, 2.24) is 5.32 Å². The first kappa shape index (κ1) is 23.3. The SMILES string of the molecule is Cc1ccc(N2C(=O)C(Cc3ccccc3F)S/C2=C(/C#N)C(=O)NCc2ccco2)cc1C. The summed E-state index contributed by atoms with van der Waals surface area (Å²) >= 11 is 1.10. The average Bonchev–Trinajstić information content (AvgIpc) is 3.45. The van der Waals surface area contributed by atoms with Crippen LogP contribution in [0.25, 0.3) is 0 Å². The maximum Gasteiger partial charge on any atom is 0.265 e. The largest absolute Gasteiger partial charge is 0.467 e. The Morgan fingerprint density at radius 2 is 1.97 bits per heavy atom. The molecule has 1 atom stereocenters. The van der Waals surface area contributed by atoms with Gasteiger partial charge in [0.25, 0.3) is 5.91 Å². The van der Waals surface area contributed by atoms with E-state index in [9.17, 15) is 19.2 Å². The Morgan fingerprint density at radius 1 is 1.18 bits per heavy atom. The molecule has 0 bridgehead atoms. The number of nitriles is 1. The molecule has 1 N–H and O–H groups in total. The molecule has 8 heteroatoms. The van der Waals surface area contributed by atoms with E-state index in [0.717, 1.165) is 22.9 Å². The molecule has 1 fully saturated rings. The molecule has 1 aliphatic heterocycles. The number of nitrogens with zero attached hydrogens (tertiary/aromatic N) is 2. The van der Waals surface area contributed by atoms with E-state index in [-0.39, 0.29) is 29.5 Å². The minimum Gasteiger partial charge on any atom is -0.467 e. The first-order valence-corrected chi connectivity index (χ1v) is 11.5.